The Balaban J connectivity index is 1.69. The number of hydrogen-bond acceptors (Lipinski definition) is 3. The van der Waals surface area contributed by atoms with Crippen LogP contribution in [0.25, 0.3) is 11.3 Å². The Morgan fingerprint density at radius 1 is 0.882 bits per heavy atom. The van der Waals surface area contributed by atoms with E-state index in [1.54, 1.807) is 48.5 Å². The zero-order valence-corrected chi connectivity index (χ0v) is 19.5. The van der Waals surface area contributed by atoms with Gasteiger partial charge in [0.2, 0.25) is 0 Å². The van der Waals surface area contributed by atoms with Gasteiger partial charge in [0.1, 0.15) is 17.6 Å². The van der Waals surface area contributed by atoms with E-state index in [9.17, 15) is 14.7 Å². The lowest BCUT2D eigenvalue weighted by Crippen LogP contribution is -2.46. The first-order valence-corrected chi connectivity index (χ1v) is 11.3. The molecule has 3 aromatic carbocycles. The van der Waals surface area contributed by atoms with Crippen molar-refractivity contribution in [2.75, 3.05) is 0 Å². The van der Waals surface area contributed by atoms with Gasteiger partial charge in [-0.25, -0.2) is 4.79 Å². The van der Waals surface area contributed by atoms with Crippen LogP contribution in [0.2, 0.25) is 10.0 Å². The summed E-state index contributed by atoms with van der Waals surface area (Å²) in [6, 6.07) is 25.3. The van der Waals surface area contributed by atoms with Gasteiger partial charge >= 0.3 is 5.97 Å². The largest absolute Gasteiger partial charge is 0.480 e. The number of carbonyl (C=O) groups excluding carboxylic acids is 1. The lowest BCUT2D eigenvalue weighted by molar-refractivity contribution is -0.142. The SMILES string of the molecule is O=C(O)[C@H](Cc1ccccc1)N(Cc1ccc(-c2cccc(Cl)c2)o1)C(=O)c1ccccc1Cl. The minimum absolute atomic E-state index is 0.0472. The van der Waals surface area contributed by atoms with Crippen LogP contribution in [0.1, 0.15) is 21.7 Å². The number of hydrogen-bond donors (Lipinski definition) is 1. The second kappa shape index (κ2) is 10.6. The van der Waals surface area contributed by atoms with Crippen LogP contribution in [-0.4, -0.2) is 27.9 Å². The van der Waals surface area contributed by atoms with Gasteiger partial charge in [-0.3, -0.25) is 4.79 Å². The Morgan fingerprint density at radius 3 is 2.32 bits per heavy atom. The van der Waals surface area contributed by atoms with Crippen molar-refractivity contribution < 1.29 is 19.1 Å². The van der Waals surface area contributed by atoms with Gasteiger partial charge in [-0.15, -0.1) is 0 Å². The third-order valence-electron chi connectivity index (χ3n) is 5.40. The van der Waals surface area contributed by atoms with Crippen molar-refractivity contribution in [3.63, 3.8) is 0 Å². The Hall–Kier alpha value is -3.54. The first kappa shape index (κ1) is 23.6. The van der Waals surface area contributed by atoms with Crippen molar-refractivity contribution in [3.8, 4) is 11.3 Å². The summed E-state index contributed by atoms with van der Waals surface area (Å²) in [5.41, 5.74) is 1.80. The third-order valence-corrected chi connectivity index (χ3v) is 5.96. The normalized spacial score (nSPS) is 11.7. The third kappa shape index (κ3) is 5.50. The smallest absolute Gasteiger partial charge is 0.326 e. The summed E-state index contributed by atoms with van der Waals surface area (Å²) in [4.78, 5) is 27.2. The lowest BCUT2D eigenvalue weighted by Gasteiger charge is -2.29. The summed E-state index contributed by atoms with van der Waals surface area (Å²) in [7, 11) is 0. The molecule has 172 valence electrons. The molecule has 0 aliphatic carbocycles. The van der Waals surface area contributed by atoms with Crippen LogP contribution in [0.4, 0.5) is 0 Å². The average Bonchev–Trinajstić information content (AvgIpc) is 3.30. The molecular formula is C27H21Cl2NO4. The fourth-order valence-electron chi connectivity index (χ4n) is 3.71. The van der Waals surface area contributed by atoms with Gasteiger partial charge in [-0.05, 0) is 42.0 Å². The number of carbonyl (C=O) groups is 2. The van der Waals surface area contributed by atoms with E-state index in [1.807, 2.05) is 42.5 Å². The Labute approximate surface area is 207 Å². The minimum atomic E-state index is -1.13. The predicted octanol–water partition coefficient (Wildman–Crippen LogP) is 6.59. The fourth-order valence-corrected chi connectivity index (χ4v) is 4.12. The number of amides is 1. The number of nitrogens with zero attached hydrogens (tertiary/aromatic N) is 1. The highest BCUT2D eigenvalue weighted by atomic mass is 35.5. The number of rotatable bonds is 8. The molecule has 0 fully saturated rings. The molecule has 0 saturated carbocycles. The van der Waals surface area contributed by atoms with E-state index in [0.717, 1.165) is 11.1 Å². The van der Waals surface area contributed by atoms with Gasteiger partial charge in [-0.2, -0.15) is 0 Å². The molecule has 5 nitrogen and oxygen atoms in total. The van der Waals surface area contributed by atoms with Crippen LogP contribution < -0.4 is 0 Å². The summed E-state index contributed by atoms with van der Waals surface area (Å²) in [6.45, 7) is -0.0472. The predicted molar refractivity (Wildman–Crippen MR) is 132 cm³/mol. The highest BCUT2D eigenvalue weighted by Crippen LogP contribution is 2.27. The zero-order chi connectivity index (χ0) is 24.1. The number of furan rings is 1. The molecular weight excluding hydrogens is 473 g/mol. The van der Waals surface area contributed by atoms with E-state index in [4.69, 9.17) is 27.6 Å². The van der Waals surface area contributed by atoms with E-state index < -0.39 is 17.9 Å². The van der Waals surface area contributed by atoms with Gasteiger partial charge in [0.15, 0.2) is 0 Å². The highest BCUT2D eigenvalue weighted by Gasteiger charge is 2.32. The summed E-state index contributed by atoms with van der Waals surface area (Å²) in [5.74, 6) is -0.604. The summed E-state index contributed by atoms with van der Waals surface area (Å²) < 4.78 is 5.97. The van der Waals surface area contributed by atoms with E-state index in [-0.39, 0.29) is 23.6 Å². The van der Waals surface area contributed by atoms with E-state index in [1.165, 1.54) is 4.90 Å². The van der Waals surface area contributed by atoms with Gasteiger partial charge in [-0.1, -0.05) is 77.8 Å². The minimum Gasteiger partial charge on any atom is -0.480 e. The average molecular weight is 494 g/mol. The van der Waals surface area contributed by atoms with Gasteiger partial charge in [0, 0.05) is 17.0 Å². The number of benzene rings is 3. The molecule has 0 unspecified atom stereocenters. The van der Waals surface area contributed by atoms with Crippen molar-refractivity contribution in [1.82, 2.24) is 4.90 Å². The van der Waals surface area contributed by atoms with Crippen molar-refractivity contribution >= 4 is 35.1 Å². The van der Waals surface area contributed by atoms with Crippen molar-refractivity contribution in [3.05, 3.63) is 118 Å². The van der Waals surface area contributed by atoms with Crippen molar-refractivity contribution in [1.29, 1.82) is 0 Å². The molecule has 1 N–H and O–H groups in total. The monoisotopic (exact) mass is 493 g/mol. The first-order chi connectivity index (χ1) is 16.4. The second-order valence-electron chi connectivity index (χ2n) is 7.73. The summed E-state index contributed by atoms with van der Waals surface area (Å²) >= 11 is 12.4. The van der Waals surface area contributed by atoms with Crippen LogP contribution in [0.5, 0.6) is 0 Å². The quantitative estimate of drug-likeness (QED) is 0.300. The fraction of sp³-hybridized carbons (Fsp3) is 0.111. The number of halogens is 2. The van der Waals surface area contributed by atoms with E-state index >= 15 is 0 Å². The Morgan fingerprint density at radius 2 is 1.62 bits per heavy atom. The molecule has 1 amide bonds. The van der Waals surface area contributed by atoms with E-state index in [2.05, 4.69) is 0 Å². The molecule has 4 rings (SSSR count). The number of aliphatic carboxylic acids is 1. The maximum absolute atomic E-state index is 13.5. The number of carboxylic acids is 1. The molecule has 0 radical (unpaired) electrons. The Bertz CT molecular complexity index is 1300. The van der Waals surface area contributed by atoms with Crippen LogP contribution in [0.15, 0.2) is 95.4 Å². The molecule has 0 spiro atoms. The molecule has 1 aromatic heterocycles. The molecule has 1 heterocycles. The molecule has 0 aliphatic rings. The van der Waals surface area contributed by atoms with Crippen molar-refractivity contribution in [2.24, 2.45) is 0 Å². The van der Waals surface area contributed by atoms with Crippen molar-refractivity contribution in [2.45, 2.75) is 19.0 Å². The highest BCUT2D eigenvalue weighted by molar-refractivity contribution is 6.33. The van der Waals surface area contributed by atoms with Crippen LogP contribution >= 0.6 is 23.2 Å². The molecule has 0 aliphatic heterocycles. The Kier molecular flexibility index (Phi) is 7.36. The first-order valence-electron chi connectivity index (χ1n) is 10.6. The molecule has 0 saturated heterocycles. The molecule has 7 heteroatoms. The van der Waals surface area contributed by atoms with Crippen LogP contribution in [0.3, 0.4) is 0 Å². The summed E-state index contributed by atoms with van der Waals surface area (Å²) in [6.07, 6.45) is 0.133. The lowest BCUT2D eigenvalue weighted by atomic mass is 10.0. The van der Waals surface area contributed by atoms with Gasteiger partial charge in [0.25, 0.3) is 5.91 Å². The van der Waals surface area contributed by atoms with Crippen LogP contribution in [-0.2, 0) is 17.8 Å². The van der Waals surface area contributed by atoms with Crippen LogP contribution in [0, 0.1) is 0 Å². The zero-order valence-electron chi connectivity index (χ0n) is 18.0. The standard InChI is InChI=1S/C27H21Cl2NO4/c28-20-10-6-9-19(16-20)25-14-13-21(34-25)17-30(26(31)22-11-4-5-12-23(22)29)24(27(32)33)15-18-7-2-1-3-8-18/h1-14,16,24H,15,17H2,(H,32,33)/t24-/m0/s1. The number of carboxylic acid groups (broad SMARTS) is 1. The summed E-state index contributed by atoms with van der Waals surface area (Å²) in [5, 5.41) is 10.9. The topological polar surface area (TPSA) is 70.8 Å². The molecule has 0 bridgehead atoms. The van der Waals surface area contributed by atoms with Gasteiger partial charge in [0.05, 0.1) is 17.1 Å². The second-order valence-corrected chi connectivity index (χ2v) is 8.58. The van der Waals surface area contributed by atoms with Gasteiger partial charge < -0.3 is 14.4 Å². The maximum Gasteiger partial charge on any atom is 0.326 e. The maximum atomic E-state index is 13.5. The van der Waals surface area contributed by atoms with E-state index in [0.29, 0.717) is 16.5 Å². The molecule has 34 heavy (non-hydrogen) atoms. The molecule has 4 aromatic rings. The molecule has 1 atom stereocenters.